The molecule has 1 fully saturated rings. The Bertz CT molecular complexity index is 417. The number of hydrogen-bond donors (Lipinski definition) is 1. The highest BCUT2D eigenvalue weighted by molar-refractivity contribution is 5.85. The SMILES string of the molecule is Cc1ccc(CC(=O)N2CCCCC2CCN)cc1.Cl. The molecule has 1 heterocycles. The lowest BCUT2D eigenvalue weighted by atomic mass is 9.98. The van der Waals surface area contributed by atoms with Crippen LogP contribution in [0.15, 0.2) is 24.3 Å². The fraction of sp³-hybridized carbons (Fsp3) is 0.562. The summed E-state index contributed by atoms with van der Waals surface area (Å²) in [7, 11) is 0. The normalized spacial score (nSPS) is 18.5. The van der Waals surface area contributed by atoms with E-state index in [0.29, 0.717) is 19.0 Å². The maximum atomic E-state index is 12.4. The fourth-order valence-corrected chi connectivity index (χ4v) is 2.80. The molecule has 0 bridgehead atoms. The lowest BCUT2D eigenvalue weighted by Crippen LogP contribution is -2.45. The Morgan fingerprint density at radius 3 is 2.65 bits per heavy atom. The Labute approximate surface area is 127 Å². The predicted octanol–water partition coefficient (Wildman–Crippen LogP) is 2.69. The summed E-state index contributed by atoms with van der Waals surface area (Å²) in [6.07, 6.45) is 4.90. The summed E-state index contributed by atoms with van der Waals surface area (Å²) in [5, 5.41) is 0. The number of hydrogen-bond acceptors (Lipinski definition) is 2. The van der Waals surface area contributed by atoms with Gasteiger partial charge in [0.15, 0.2) is 0 Å². The molecule has 0 aromatic heterocycles. The van der Waals surface area contributed by atoms with Crippen molar-refractivity contribution in [3.05, 3.63) is 35.4 Å². The zero-order chi connectivity index (χ0) is 13.7. The van der Waals surface area contributed by atoms with Crippen LogP contribution < -0.4 is 5.73 Å². The second kappa shape index (κ2) is 8.28. The van der Waals surface area contributed by atoms with Gasteiger partial charge in [0.1, 0.15) is 0 Å². The lowest BCUT2D eigenvalue weighted by molar-refractivity contribution is -0.134. The van der Waals surface area contributed by atoms with E-state index in [9.17, 15) is 4.79 Å². The molecular weight excluding hydrogens is 272 g/mol. The van der Waals surface area contributed by atoms with Gasteiger partial charge in [-0.3, -0.25) is 4.79 Å². The van der Waals surface area contributed by atoms with Crippen LogP contribution in [0.5, 0.6) is 0 Å². The second-order valence-electron chi connectivity index (χ2n) is 5.48. The molecule has 1 aliphatic heterocycles. The van der Waals surface area contributed by atoms with Gasteiger partial charge in [-0.1, -0.05) is 29.8 Å². The average molecular weight is 297 g/mol. The van der Waals surface area contributed by atoms with E-state index in [1.54, 1.807) is 0 Å². The van der Waals surface area contributed by atoms with E-state index < -0.39 is 0 Å². The molecule has 0 saturated carbocycles. The monoisotopic (exact) mass is 296 g/mol. The first-order valence-electron chi connectivity index (χ1n) is 7.26. The number of nitrogens with two attached hydrogens (primary N) is 1. The van der Waals surface area contributed by atoms with Crippen LogP contribution >= 0.6 is 12.4 Å². The van der Waals surface area contributed by atoms with Gasteiger partial charge in [0, 0.05) is 12.6 Å². The summed E-state index contributed by atoms with van der Waals surface area (Å²) in [6.45, 7) is 3.63. The summed E-state index contributed by atoms with van der Waals surface area (Å²) in [5.74, 6) is 0.252. The van der Waals surface area contributed by atoms with Crippen molar-refractivity contribution in [1.29, 1.82) is 0 Å². The molecule has 1 aromatic carbocycles. The quantitative estimate of drug-likeness (QED) is 0.928. The summed E-state index contributed by atoms with van der Waals surface area (Å²) >= 11 is 0. The molecule has 0 radical (unpaired) electrons. The van der Waals surface area contributed by atoms with Crippen molar-refractivity contribution in [2.75, 3.05) is 13.1 Å². The Hall–Kier alpha value is -1.06. The van der Waals surface area contributed by atoms with Crippen LogP contribution in [0.1, 0.15) is 36.8 Å². The molecule has 1 aromatic rings. The largest absolute Gasteiger partial charge is 0.339 e. The number of aryl methyl sites for hydroxylation is 1. The first kappa shape index (κ1) is 17.0. The van der Waals surface area contributed by atoms with Crippen LogP contribution in [0.2, 0.25) is 0 Å². The van der Waals surface area contributed by atoms with E-state index in [2.05, 4.69) is 36.1 Å². The molecule has 3 nitrogen and oxygen atoms in total. The lowest BCUT2D eigenvalue weighted by Gasteiger charge is -2.35. The van der Waals surface area contributed by atoms with E-state index in [-0.39, 0.29) is 18.3 Å². The number of rotatable bonds is 4. The first-order valence-corrected chi connectivity index (χ1v) is 7.26. The van der Waals surface area contributed by atoms with Crippen molar-refractivity contribution in [2.45, 2.75) is 45.1 Å². The summed E-state index contributed by atoms with van der Waals surface area (Å²) in [6, 6.07) is 8.59. The first-order chi connectivity index (χ1) is 9.20. The molecule has 4 heteroatoms. The topological polar surface area (TPSA) is 46.3 Å². The Balaban J connectivity index is 0.00000200. The van der Waals surface area contributed by atoms with Gasteiger partial charge in [0.25, 0.3) is 0 Å². The Kier molecular flexibility index (Phi) is 7.03. The number of likely N-dealkylation sites (tertiary alicyclic amines) is 1. The van der Waals surface area contributed by atoms with Crippen molar-refractivity contribution < 1.29 is 4.79 Å². The number of nitrogens with zero attached hydrogens (tertiary/aromatic N) is 1. The van der Waals surface area contributed by atoms with E-state index in [1.165, 1.54) is 12.0 Å². The van der Waals surface area contributed by atoms with E-state index in [1.807, 2.05) is 0 Å². The number of halogens is 1. The standard InChI is InChI=1S/C16H24N2O.ClH/c1-13-5-7-14(8-6-13)12-16(19)18-11-3-2-4-15(18)9-10-17;/h5-8,15H,2-4,9-12,17H2,1H3;1H. The Morgan fingerprint density at radius 1 is 1.30 bits per heavy atom. The third-order valence-electron chi connectivity index (χ3n) is 3.92. The van der Waals surface area contributed by atoms with Crippen LogP contribution in [0.25, 0.3) is 0 Å². The number of piperidine rings is 1. The summed E-state index contributed by atoms with van der Waals surface area (Å²) < 4.78 is 0. The van der Waals surface area contributed by atoms with Gasteiger partial charge >= 0.3 is 0 Å². The minimum absolute atomic E-state index is 0. The molecule has 1 unspecified atom stereocenters. The number of benzene rings is 1. The van der Waals surface area contributed by atoms with Crippen LogP contribution in [-0.4, -0.2) is 29.9 Å². The zero-order valence-corrected chi connectivity index (χ0v) is 13.0. The van der Waals surface area contributed by atoms with Gasteiger partial charge in [0.05, 0.1) is 6.42 Å². The number of carbonyl (C=O) groups excluding carboxylic acids is 1. The van der Waals surface area contributed by atoms with Gasteiger partial charge < -0.3 is 10.6 Å². The molecule has 1 aliphatic rings. The molecule has 0 aliphatic carbocycles. The maximum absolute atomic E-state index is 12.4. The molecular formula is C16H25ClN2O. The molecule has 20 heavy (non-hydrogen) atoms. The predicted molar refractivity (Wildman–Crippen MR) is 85.2 cm³/mol. The van der Waals surface area contributed by atoms with Crippen molar-refractivity contribution in [1.82, 2.24) is 4.90 Å². The van der Waals surface area contributed by atoms with Crippen LogP contribution in [0.3, 0.4) is 0 Å². The summed E-state index contributed by atoms with van der Waals surface area (Å²) in [4.78, 5) is 14.5. The van der Waals surface area contributed by atoms with E-state index in [4.69, 9.17) is 5.73 Å². The minimum Gasteiger partial charge on any atom is -0.339 e. The highest BCUT2D eigenvalue weighted by Gasteiger charge is 2.25. The van der Waals surface area contributed by atoms with Crippen LogP contribution in [-0.2, 0) is 11.2 Å². The maximum Gasteiger partial charge on any atom is 0.227 e. The minimum atomic E-state index is 0. The van der Waals surface area contributed by atoms with Gasteiger partial charge in [0.2, 0.25) is 5.91 Å². The van der Waals surface area contributed by atoms with Crippen molar-refractivity contribution in [3.8, 4) is 0 Å². The molecule has 112 valence electrons. The fourth-order valence-electron chi connectivity index (χ4n) is 2.80. The second-order valence-corrected chi connectivity index (χ2v) is 5.48. The number of amides is 1. The van der Waals surface area contributed by atoms with Gasteiger partial charge in [-0.25, -0.2) is 0 Å². The van der Waals surface area contributed by atoms with Crippen LogP contribution in [0.4, 0.5) is 0 Å². The Morgan fingerprint density at radius 2 is 2.00 bits per heavy atom. The molecule has 1 atom stereocenters. The molecule has 0 spiro atoms. The molecule has 2 rings (SSSR count). The third kappa shape index (κ3) is 4.50. The van der Waals surface area contributed by atoms with E-state index in [0.717, 1.165) is 31.4 Å². The van der Waals surface area contributed by atoms with Crippen LogP contribution in [0, 0.1) is 6.92 Å². The third-order valence-corrected chi connectivity index (χ3v) is 3.92. The van der Waals surface area contributed by atoms with Gasteiger partial charge in [-0.2, -0.15) is 0 Å². The highest BCUT2D eigenvalue weighted by Crippen LogP contribution is 2.20. The molecule has 2 N–H and O–H groups in total. The highest BCUT2D eigenvalue weighted by atomic mass is 35.5. The van der Waals surface area contributed by atoms with Crippen molar-refractivity contribution in [3.63, 3.8) is 0 Å². The van der Waals surface area contributed by atoms with Crippen molar-refractivity contribution >= 4 is 18.3 Å². The van der Waals surface area contributed by atoms with E-state index >= 15 is 0 Å². The van der Waals surface area contributed by atoms with Gasteiger partial charge in [-0.15, -0.1) is 12.4 Å². The van der Waals surface area contributed by atoms with Crippen molar-refractivity contribution in [2.24, 2.45) is 5.73 Å². The smallest absolute Gasteiger partial charge is 0.227 e. The molecule has 1 amide bonds. The zero-order valence-electron chi connectivity index (χ0n) is 12.2. The average Bonchev–Trinajstić information content (AvgIpc) is 2.42. The molecule has 1 saturated heterocycles. The number of carbonyl (C=O) groups is 1. The summed E-state index contributed by atoms with van der Waals surface area (Å²) in [5.41, 5.74) is 7.99. The van der Waals surface area contributed by atoms with Gasteiger partial charge in [-0.05, 0) is 44.7 Å².